The van der Waals surface area contributed by atoms with Gasteiger partial charge in [-0.05, 0) is 4.53 Å². The summed E-state index contributed by atoms with van der Waals surface area (Å²) >= 11 is 0. The standard InChI is InChI=1S/C5F10O.C5H2F8O.C3F8O.C3F6O/c6-1(7)2(8)16-5(14,15)3(9,10)4(11,12)13;6-2(7)3(8)14-5(12,13)1-4(9,10)11;4-1(5,2(6,7)8)3(9,10)12-11;4-1(5)2(6)10-3(7,8)9/h;1H2;;. The lowest BCUT2D eigenvalue weighted by molar-refractivity contribution is -0.471. The highest BCUT2D eigenvalue weighted by Gasteiger charge is 2.76. The van der Waals surface area contributed by atoms with Gasteiger partial charge in [0.15, 0.2) is 0 Å². The summed E-state index contributed by atoms with van der Waals surface area (Å²) in [5, 5.41) is 0. The number of hydrogen-bond acceptors (Lipinski definition) is 4. The van der Waals surface area contributed by atoms with Gasteiger partial charge in [-0.3, -0.25) is 0 Å². The zero-order chi connectivity index (χ0) is 43.5. The number of ether oxygens (including phenoxy) is 3. The third-order valence-electron chi connectivity index (χ3n) is 3.05. The van der Waals surface area contributed by atoms with E-state index in [4.69, 9.17) is 0 Å². The van der Waals surface area contributed by atoms with Crippen molar-refractivity contribution in [2.24, 2.45) is 0 Å². The van der Waals surface area contributed by atoms with Crippen molar-refractivity contribution in [1.29, 1.82) is 0 Å². The van der Waals surface area contributed by atoms with Gasteiger partial charge in [-0.15, -0.1) is 18.1 Å². The molecule has 0 aliphatic heterocycles. The molecule has 314 valence electrons. The minimum absolute atomic E-state index is 1.23. The number of hydrogen-bond donors (Lipinski definition) is 0. The lowest BCUT2D eigenvalue weighted by Crippen LogP contribution is -2.53. The Labute approximate surface area is 259 Å². The molecule has 0 aromatic carbocycles. The van der Waals surface area contributed by atoms with Crippen LogP contribution in [0.1, 0.15) is 6.42 Å². The number of rotatable bonds is 9. The molecule has 4 nitrogen and oxygen atoms in total. The zero-order valence-corrected chi connectivity index (χ0v) is 21.9. The Balaban J connectivity index is -0.000000300. The van der Waals surface area contributed by atoms with Gasteiger partial charge in [0.1, 0.15) is 6.42 Å². The zero-order valence-electron chi connectivity index (χ0n) is 21.9. The quantitative estimate of drug-likeness (QED) is 0.171. The summed E-state index contributed by atoms with van der Waals surface area (Å²) in [6.07, 6.45) is -54.7. The van der Waals surface area contributed by atoms with Gasteiger partial charge in [0, 0.05) is 0 Å². The first kappa shape index (κ1) is 55.1. The summed E-state index contributed by atoms with van der Waals surface area (Å²) in [5.74, 6) is -13.4. The molecule has 0 saturated heterocycles. The summed E-state index contributed by atoms with van der Waals surface area (Å²) < 4.78 is 369. The van der Waals surface area contributed by atoms with E-state index >= 15 is 0 Å². The molecule has 0 unspecified atom stereocenters. The first-order chi connectivity index (χ1) is 22.2. The molecule has 0 bridgehead atoms. The number of alkyl halides is 22. The second-order valence-electron chi connectivity index (χ2n) is 7.04. The van der Waals surface area contributed by atoms with Crippen LogP contribution in [0.5, 0.6) is 0 Å². The monoisotopic (exact) mass is 866 g/mol. The molecule has 0 radical (unpaired) electrons. The Morgan fingerprint density at radius 3 is 0.827 bits per heavy atom. The third kappa shape index (κ3) is 20.4. The van der Waals surface area contributed by atoms with Gasteiger partial charge in [-0.2, -0.15) is 123 Å². The van der Waals surface area contributed by atoms with Gasteiger partial charge < -0.3 is 14.2 Å². The van der Waals surface area contributed by atoms with Crippen LogP contribution in [0.4, 0.5) is 141 Å². The van der Waals surface area contributed by atoms with E-state index < -0.39 is 97.8 Å². The molecular weight excluding hydrogens is 864 g/mol. The molecule has 0 heterocycles. The summed E-state index contributed by atoms with van der Waals surface area (Å²) in [4.78, 5) is 1.23. The average molecular weight is 866 g/mol. The molecule has 0 rings (SSSR count). The van der Waals surface area contributed by atoms with Gasteiger partial charge in [-0.25, -0.2) is 0 Å². The van der Waals surface area contributed by atoms with Gasteiger partial charge in [0.25, 0.3) is 0 Å². The summed E-state index contributed by atoms with van der Waals surface area (Å²) in [6.45, 7) is 0. The lowest BCUT2D eigenvalue weighted by Gasteiger charge is -2.26. The molecular formula is C16H2F32O4. The first-order valence-corrected chi connectivity index (χ1v) is 9.90. The molecule has 0 saturated carbocycles. The first-order valence-electron chi connectivity index (χ1n) is 9.90. The van der Waals surface area contributed by atoms with Crippen molar-refractivity contribution in [2.45, 2.75) is 61.5 Å². The molecule has 36 heteroatoms. The van der Waals surface area contributed by atoms with Crippen molar-refractivity contribution in [3.8, 4) is 0 Å². The van der Waals surface area contributed by atoms with Gasteiger partial charge >= 0.3 is 91.3 Å². The van der Waals surface area contributed by atoms with Crippen molar-refractivity contribution in [3.63, 3.8) is 0 Å². The molecule has 0 amide bonds. The highest BCUT2D eigenvalue weighted by molar-refractivity contribution is 4.90. The molecule has 0 aromatic heterocycles. The van der Waals surface area contributed by atoms with Crippen LogP contribution in [-0.2, 0) is 19.2 Å². The van der Waals surface area contributed by atoms with Crippen molar-refractivity contribution in [1.82, 2.24) is 0 Å². The van der Waals surface area contributed by atoms with Crippen LogP contribution in [0.15, 0.2) is 36.3 Å². The predicted octanol–water partition coefficient (Wildman–Crippen LogP) is 12.6. The van der Waals surface area contributed by atoms with E-state index in [2.05, 4.69) is 9.47 Å². The van der Waals surface area contributed by atoms with Crippen LogP contribution in [0, 0.1) is 0 Å². The fourth-order valence-electron chi connectivity index (χ4n) is 1.17. The molecule has 0 aliphatic carbocycles. The lowest BCUT2D eigenvalue weighted by atomic mass is 10.3. The average Bonchev–Trinajstić information content (AvgIpc) is 2.85. The third-order valence-corrected chi connectivity index (χ3v) is 3.05. The maximum absolute atomic E-state index is 12.0. The van der Waals surface area contributed by atoms with Crippen LogP contribution in [0.25, 0.3) is 0 Å². The Morgan fingerprint density at radius 1 is 0.365 bits per heavy atom. The Hall–Kier alpha value is -3.66. The van der Waals surface area contributed by atoms with Crippen molar-refractivity contribution < 1.29 is 160 Å². The van der Waals surface area contributed by atoms with Crippen LogP contribution in [-0.4, -0.2) is 55.1 Å². The maximum Gasteiger partial charge on any atom is 0.574 e. The number of halogens is 32. The normalized spacial score (nSPS) is 13.2. The second-order valence-corrected chi connectivity index (χ2v) is 7.04. The predicted molar refractivity (Wildman–Crippen MR) is 90.1 cm³/mol. The van der Waals surface area contributed by atoms with Crippen LogP contribution < -0.4 is 0 Å². The highest BCUT2D eigenvalue weighted by Crippen LogP contribution is 2.49. The minimum Gasteiger partial charge on any atom is -0.402 e. The summed E-state index contributed by atoms with van der Waals surface area (Å²) in [5.41, 5.74) is 0. The summed E-state index contributed by atoms with van der Waals surface area (Å²) in [7, 11) is 0. The molecule has 0 N–H and O–H groups in total. The van der Waals surface area contributed by atoms with Crippen molar-refractivity contribution >= 4 is 0 Å². The molecule has 0 fully saturated rings. The molecule has 0 spiro atoms. The Morgan fingerprint density at radius 2 is 0.635 bits per heavy atom. The molecule has 0 aliphatic rings. The van der Waals surface area contributed by atoms with Crippen molar-refractivity contribution in [3.05, 3.63) is 36.3 Å². The van der Waals surface area contributed by atoms with Crippen LogP contribution in [0.3, 0.4) is 0 Å². The van der Waals surface area contributed by atoms with Gasteiger partial charge in [-0.1, -0.05) is 0 Å². The Bertz CT molecular complexity index is 1170. The maximum atomic E-state index is 12.0. The fraction of sp³-hybridized carbons (Fsp3) is 0.625. The van der Waals surface area contributed by atoms with Gasteiger partial charge in [0.05, 0.1) is 0 Å². The van der Waals surface area contributed by atoms with E-state index in [1.165, 1.54) is 4.94 Å². The SMILES string of the molecule is FC(F)=C(F)OC(F)(F)C(F)(F)C(F)(F)F.FC(F)=C(F)OC(F)(F)CC(F)(F)F.FC(F)=C(F)OC(F)(F)F.FOC(F)(F)C(F)(F)C(F)(F)F. The highest BCUT2D eigenvalue weighted by atomic mass is 19.4. The topological polar surface area (TPSA) is 36.9 Å². The smallest absolute Gasteiger partial charge is 0.402 e. The minimum atomic E-state index is -6.81. The van der Waals surface area contributed by atoms with Gasteiger partial charge in [0.2, 0.25) is 0 Å². The fourth-order valence-corrected chi connectivity index (χ4v) is 1.17. The second kappa shape index (κ2) is 18.9. The van der Waals surface area contributed by atoms with E-state index in [9.17, 15) is 141 Å². The molecule has 0 atom stereocenters. The van der Waals surface area contributed by atoms with E-state index in [0.717, 1.165) is 0 Å². The van der Waals surface area contributed by atoms with E-state index in [-0.39, 0.29) is 0 Å². The van der Waals surface area contributed by atoms with Crippen molar-refractivity contribution in [2.75, 3.05) is 0 Å². The van der Waals surface area contributed by atoms with E-state index in [1.807, 2.05) is 4.74 Å². The summed E-state index contributed by atoms with van der Waals surface area (Å²) in [6, 6.07) is -9.47. The van der Waals surface area contributed by atoms with Crippen LogP contribution >= 0.6 is 0 Å². The molecule has 52 heavy (non-hydrogen) atoms. The van der Waals surface area contributed by atoms with E-state index in [0.29, 0.717) is 0 Å². The van der Waals surface area contributed by atoms with E-state index in [1.54, 1.807) is 0 Å². The largest absolute Gasteiger partial charge is 0.574 e. The van der Waals surface area contributed by atoms with Crippen LogP contribution in [0.2, 0.25) is 0 Å². The Kier molecular flexibility index (Phi) is 20.0. The molecule has 0 aromatic rings.